The van der Waals surface area contributed by atoms with Gasteiger partial charge in [0.05, 0.1) is 14.1 Å². The van der Waals surface area contributed by atoms with Crippen LogP contribution in [0.15, 0.2) is 63.9 Å². The van der Waals surface area contributed by atoms with E-state index in [1.165, 1.54) is 60.4 Å². The van der Waals surface area contributed by atoms with Gasteiger partial charge in [0.15, 0.2) is 0 Å². The number of fused-ring (bicyclic) bond motifs is 3. The molecule has 0 bridgehead atoms. The Hall–Kier alpha value is -2.26. The van der Waals surface area contributed by atoms with E-state index in [9.17, 15) is 0 Å². The number of para-hydroxylation sites is 1. The lowest BCUT2D eigenvalue weighted by molar-refractivity contribution is 0.348. The van der Waals surface area contributed by atoms with E-state index >= 15 is 0 Å². The number of hydrogen-bond donors (Lipinski definition) is 0. The van der Waals surface area contributed by atoms with Crippen LogP contribution in [0, 0.1) is 12.8 Å². The van der Waals surface area contributed by atoms with Crippen LogP contribution in [0.1, 0.15) is 55.7 Å². The third-order valence-electron chi connectivity index (χ3n) is 7.60. The molecule has 1 aromatic heterocycles. The Balaban J connectivity index is 1.58. The summed E-state index contributed by atoms with van der Waals surface area (Å²) in [6, 6.07) is 13.3. The van der Waals surface area contributed by atoms with Gasteiger partial charge in [-0.15, -0.1) is 0 Å². The van der Waals surface area contributed by atoms with E-state index in [0.29, 0.717) is 0 Å². The van der Waals surface area contributed by atoms with Gasteiger partial charge >= 0.3 is 0 Å². The summed E-state index contributed by atoms with van der Waals surface area (Å²) < 4.78 is 6.15. The smallest absolute Gasteiger partial charge is 0.135 e. The van der Waals surface area contributed by atoms with Crippen molar-refractivity contribution < 1.29 is 4.42 Å². The highest BCUT2D eigenvalue weighted by atomic mass is 28.3. The summed E-state index contributed by atoms with van der Waals surface area (Å²) in [4.78, 5) is 2.45. The van der Waals surface area contributed by atoms with Crippen LogP contribution in [-0.4, -0.2) is 20.0 Å². The fourth-order valence-electron chi connectivity index (χ4n) is 5.84. The highest BCUT2D eigenvalue weighted by Gasteiger charge is 2.31. The first-order chi connectivity index (χ1) is 15.3. The number of nitrogens with zero attached hydrogens (tertiary/aromatic N) is 1. The summed E-state index contributed by atoms with van der Waals surface area (Å²) in [5.41, 5.74) is 6.32. The first kappa shape index (κ1) is 21.6. The van der Waals surface area contributed by atoms with Gasteiger partial charge < -0.3 is 9.32 Å². The van der Waals surface area contributed by atoms with E-state index < -0.39 is 8.07 Å². The van der Waals surface area contributed by atoms with Crippen molar-refractivity contribution in [3.8, 4) is 0 Å². The quantitative estimate of drug-likeness (QED) is 0.376. The molecule has 1 saturated carbocycles. The largest absolute Gasteiger partial charge is 0.456 e. The third kappa shape index (κ3) is 3.96. The number of allylic oxidation sites excluding steroid dienone is 2. The second kappa shape index (κ2) is 8.26. The van der Waals surface area contributed by atoms with Crippen LogP contribution in [0.5, 0.6) is 0 Å². The standard InChI is InChI=1S/C29H37NOSi/c1-20-15-28-25(23-13-9-10-14-27(23)31-28)18-24(20)26-17-22(16-21-11-7-6-8-12-21)29(19-30(26)2)32(3,4)5/h9-10,13-15,17-19,21,26H,6-8,11-12,16H2,1-5H3. The molecular formula is C29H37NOSi. The van der Waals surface area contributed by atoms with Gasteiger partial charge in [-0.1, -0.05) is 76.0 Å². The van der Waals surface area contributed by atoms with Crippen molar-refractivity contribution in [3.05, 3.63) is 70.6 Å². The van der Waals surface area contributed by atoms with Crippen molar-refractivity contribution in [3.63, 3.8) is 0 Å². The molecule has 2 heterocycles. The average molecular weight is 444 g/mol. The Morgan fingerprint density at radius 2 is 1.72 bits per heavy atom. The van der Waals surface area contributed by atoms with Gasteiger partial charge in [0.25, 0.3) is 0 Å². The Morgan fingerprint density at radius 1 is 0.969 bits per heavy atom. The zero-order chi connectivity index (χ0) is 22.5. The summed E-state index contributed by atoms with van der Waals surface area (Å²) in [5, 5.41) is 4.10. The van der Waals surface area contributed by atoms with Crippen molar-refractivity contribution in [1.82, 2.24) is 4.90 Å². The average Bonchev–Trinajstić information content (AvgIpc) is 3.11. The number of likely N-dealkylation sites (N-methyl/N-ethyl adjacent to an activating group) is 1. The molecule has 2 nitrogen and oxygen atoms in total. The van der Waals surface area contributed by atoms with Gasteiger partial charge in [-0.25, -0.2) is 0 Å². The molecule has 0 N–H and O–H groups in total. The Bertz CT molecular complexity index is 1200. The molecule has 3 aromatic rings. The molecule has 3 heteroatoms. The van der Waals surface area contributed by atoms with Gasteiger partial charge in [0.2, 0.25) is 0 Å². The molecule has 168 valence electrons. The molecule has 5 rings (SSSR count). The molecule has 0 amide bonds. The lowest BCUT2D eigenvalue weighted by Gasteiger charge is -2.37. The van der Waals surface area contributed by atoms with E-state index in [2.05, 4.69) is 87.2 Å². The summed E-state index contributed by atoms with van der Waals surface area (Å²) in [6.07, 6.45) is 13.4. The maximum absolute atomic E-state index is 6.15. The van der Waals surface area contributed by atoms with Gasteiger partial charge in [0.1, 0.15) is 11.2 Å². The molecule has 1 fully saturated rings. The van der Waals surface area contributed by atoms with E-state index in [1.54, 1.807) is 10.8 Å². The molecule has 0 saturated heterocycles. The number of benzene rings is 2. The molecule has 1 aliphatic carbocycles. The second-order valence-corrected chi connectivity index (χ2v) is 16.1. The Morgan fingerprint density at radius 3 is 2.47 bits per heavy atom. The number of furan rings is 1. The van der Waals surface area contributed by atoms with Crippen molar-refractivity contribution in [2.75, 3.05) is 7.05 Å². The maximum atomic E-state index is 6.15. The maximum Gasteiger partial charge on any atom is 0.135 e. The minimum absolute atomic E-state index is 0.284. The van der Waals surface area contributed by atoms with Gasteiger partial charge in [-0.05, 0) is 65.6 Å². The van der Waals surface area contributed by atoms with Gasteiger partial charge in [-0.3, -0.25) is 0 Å². The minimum Gasteiger partial charge on any atom is -0.456 e. The molecule has 0 spiro atoms. The van der Waals surface area contributed by atoms with Crippen LogP contribution in [0.25, 0.3) is 21.9 Å². The molecule has 1 aliphatic heterocycles. The molecule has 1 unspecified atom stereocenters. The second-order valence-electron chi connectivity index (χ2n) is 11.1. The van der Waals surface area contributed by atoms with Crippen LogP contribution >= 0.6 is 0 Å². The molecular weight excluding hydrogens is 406 g/mol. The number of aryl methyl sites for hydroxylation is 1. The fraction of sp³-hybridized carbons (Fsp3) is 0.448. The Kier molecular flexibility index (Phi) is 5.57. The van der Waals surface area contributed by atoms with Crippen molar-refractivity contribution in [1.29, 1.82) is 0 Å². The topological polar surface area (TPSA) is 16.4 Å². The summed E-state index contributed by atoms with van der Waals surface area (Å²) in [5.74, 6) is 0.861. The van der Waals surface area contributed by atoms with Crippen molar-refractivity contribution in [2.24, 2.45) is 5.92 Å². The highest BCUT2D eigenvalue weighted by molar-refractivity contribution is 6.84. The lowest BCUT2D eigenvalue weighted by Crippen LogP contribution is -2.33. The molecule has 2 aromatic carbocycles. The normalized spacial score (nSPS) is 20.7. The number of hydrogen-bond acceptors (Lipinski definition) is 2. The van der Waals surface area contributed by atoms with Crippen LogP contribution in [0.3, 0.4) is 0 Å². The SMILES string of the molecule is Cc1cc2oc3ccccc3c2cc1C1C=C(CC2CCCCC2)C([Si](C)(C)C)=CN1C. The van der Waals surface area contributed by atoms with Gasteiger partial charge in [0, 0.05) is 17.8 Å². The monoisotopic (exact) mass is 443 g/mol. The van der Waals surface area contributed by atoms with Crippen LogP contribution in [-0.2, 0) is 0 Å². The fourth-order valence-corrected chi connectivity index (χ4v) is 7.58. The molecule has 1 atom stereocenters. The lowest BCUT2D eigenvalue weighted by atomic mass is 9.83. The van der Waals surface area contributed by atoms with E-state index in [4.69, 9.17) is 4.42 Å². The summed E-state index contributed by atoms with van der Waals surface area (Å²) >= 11 is 0. The van der Waals surface area contributed by atoms with Crippen molar-refractivity contribution in [2.45, 2.75) is 71.1 Å². The predicted octanol–water partition coefficient (Wildman–Crippen LogP) is 8.54. The molecule has 32 heavy (non-hydrogen) atoms. The Labute approximate surface area is 194 Å². The summed E-state index contributed by atoms with van der Waals surface area (Å²) in [7, 11) is 0.837. The number of rotatable bonds is 4. The molecule has 0 radical (unpaired) electrons. The van der Waals surface area contributed by atoms with Crippen LogP contribution in [0.2, 0.25) is 19.6 Å². The highest BCUT2D eigenvalue weighted by Crippen LogP contribution is 2.41. The minimum atomic E-state index is -1.42. The predicted molar refractivity (Wildman–Crippen MR) is 140 cm³/mol. The zero-order valence-electron chi connectivity index (χ0n) is 20.4. The molecule has 2 aliphatic rings. The van der Waals surface area contributed by atoms with Gasteiger partial charge in [-0.2, -0.15) is 0 Å². The van der Waals surface area contributed by atoms with Crippen LogP contribution < -0.4 is 0 Å². The first-order valence-corrected chi connectivity index (χ1v) is 15.9. The third-order valence-corrected chi connectivity index (χ3v) is 9.67. The van der Waals surface area contributed by atoms with Crippen LogP contribution in [0.4, 0.5) is 0 Å². The van der Waals surface area contributed by atoms with Crippen molar-refractivity contribution >= 4 is 30.0 Å². The zero-order valence-corrected chi connectivity index (χ0v) is 21.4. The van der Waals surface area contributed by atoms with E-state index in [0.717, 1.165) is 17.1 Å². The van der Waals surface area contributed by atoms with E-state index in [1.807, 2.05) is 0 Å². The van der Waals surface area contributed by atoms with E-state index in [-0.39, 0.29) is 6.04 Å². The first-order valence-electron chi connectivity index (χ1n) is 12.4. The summed E-state index contributed by atoms with van der Waals surface area (Å²) in [6.45, 7) is 9.73.